The summed E-state index contributed by atoms with van der Waals surface area (Å²) in [6, 6.07) is 103. The van der Waals surface area contributed by atoms with Crippen LogP contribution in [-0.2, 0) is 24.0 Å². The van der Waals surface area contributed by atoms with Crippen LogP contribution in [0.1, 0.15) is 228 Å². The van der Waals surface area contributed by atoms with E-state index in [0.29, 0.717) is 45.3 Å². The minimum atomic E-state index is -0.918. The Balaban J connectivity index is 0.000000201. The number of carboxylic acid groups (broad SMARTS) is 3. The summed E-state index contributed by atoms with van der Waals surface area (Å²) in [6.45, 7) is 27.3. The van der Waals surface area contributed by atoms with E-state index >= 15 is 0 Å². The van der Waals surface area contributed by atoms with Gasteiger partial charge in [0.15, 0.2) is 0 Å². The molecular weight excluding hydrogens is 1890 g/mol. The van der Waals surface area contributed by atoms with Gasteiger partial charge in [-0.15, -0.1) is 0 Å². The second-order valence-electron chi connectivity index (χ2n) is 37.6. The van der Waals surface area contributed by atoms with E-state index in [2.05, 4.69) is 60.1 Å². The Hall–Kier alpha value is -18.1. The Labute approximate surface area is 872 Å². The van der Waals surface area contributed by atoms with Gasteiger partial charge in [-0.25, -0.2) is 38.8 Å². The van der Waals surface area contributed by atoms with Crippen molar-refractivity contribution in [2.75, 3.05) is 10.6 Å². The number of carbonyl (C=O) groups excluding carboxylic acids is 8. The van der Waals surface area contributed by atoms with E-state index in [0.717, 1.165) is 61.7 Å². The zero-order chi connectivity index (χ0) is 108. The van der Waals surface area contributed by atoms with Crippen LogP contribution in [0, 0.1) is 41.4 Å². The Morgan fingerprint density at radius 2 is 0.407 bits per heavy atom. The fourth-order valence-electron chi connectivity index (χ4n) is 16.2. The number of hydrogen-bond acceptors (Lipinski definition) is 20. The summed E-state index contributed by atoms with van der Waals surface area (Å²) in [7, 11) is 0. The molecule has 0 aliphatic heterocycles. The van der Waals surface area contributed by atoms with Gasteiger partial charge in [0.1, 0.15) is 40.2 Å². The van der Waals surface area contributed by atoms with E-state index in [9.17, 15) is 63.0 Å². The molecule has 0 bridgehead atoms. The van der Waals surface area contributed by atoms with Crippen molar-refractivity contribution in [1.29, 1.82) is 0 Å². The minimum Gasteiger partial charge on any atom is -0.508 e. The highest BCUT2D eigenvalue weighted by molar-refractivity contribution is 6.01. The van der Waals surface area contributed by atoms with E-state index in [1.165, 1.54) is 60.7 Å². The summed E-state index contributed by atoms with van der Waals surface area (Å²) in [6.07, 6.45) is 0. The number of nitrogens with zero attached hydrogens (tertiary/aromatic N) is 2. The van der Waals surface area contributed by atoms with Gasteiger partial charge < -0.3 is 59.5 Å². The third kappa shape index (κ3) is 33.0. The Morgan fingerprint density at radius 1 is 0.227 bits per heavy atom. The number of rotatable bonds is 35. The SMILES string of the molecule is CC(C)C(=C=Nc1ccccc1)c1ccc(OC(=O)c2ccc(C(=O)Oc3ccc(C(=C=Nc4ccccc4)C(C)C)cc3)cc2)cc1.CC(C)C(C(=O)Nc1ccccc1)c1ccc(OC(=O)c2ccc(C(=O)Oc3ccc(C(C(=O)Nc4ccccc4)C(C)C)cc3)cc2)cc1.CC(C)C(C(=O)O)c1ccc(O)cc1.CC(C)C(C(=O)O)c1ccc(OC(=O)c2ccc(C(=O)Oc3ccc(C(C(=O)O)C(C)C)cc3)cc2)cc1. The molecule has 150 heavy (non-hydrogen) atoms. The van der Waals surface area contributed by atoms with Crippen molar-refractivity contribution in [1.82, 2.24) is 0 Å². The molecule has 5 unspecified atom stereocenters. The van der Waals surface area contributed by atoms with Crippen molar-refractivity contribution < 1.29 is 102 Å². The topological polar surface area (TPSA) is 373 Å². The molecule has 0 fully saturated rings. The van der Waals surface area contributed by atoms with Crippen LogP contribution in [0.25, 0.3) is 11.1 Å². The number of benzene rings is 14. The van der Waals surface area contributed by atoms with Crippen molar-refractivity contribution in [3.63, 3.8) is 0 Å². The van der Waals surface area contributed by atoms with Crippen molar-refractivity contribution in [3.05, 3.63) is 436 Å². The largest absolute Gasteiger partial charge is 0.508 e. The first kappa shape index (κ1) is 112. The molecule has 0 saturated carbocycles. The average molecular weight is 2010 g/mol. The van der Waals surface area contributed by atoms with E-state index < -0.39 is 83.3 Å². The van der Waals surface area contributed by atoms with Gasteiger partial charge >= 0.3 is 53.7 Å². The molecule has 14 rings (SSSR count). The molecule has 0 aliphatic rings. The van der Waals surface area contributed by atoms with Crippen LogP contribution < -0.4 is 39.1 Å². The van der Waals surface area contributed by atoms with Crippen molar-refractivity contribution in [2.45, 2.75) is 127 Å². The highest BCUT2D eigenvalue weighted by Gasteiger charge is 2.31. The predicted molar refractivity (Wildman–Crippen MR) is 580 cm³/mol. The molecule has 0 heterocycles. The van der Waals surface area contributed by atoms with E-state index in [1.54, 1.807) is 158 Å². The lowest BCUT2D eigenvalue weighted by Gasteiger charge is -2.21. The third-order valence-corrected chi connectivity index (χ3v) is 23.9. The number of carboxylic acids is 3. The number of aliphatic imine (C=N–C) groups is 2. The number of para-hydroxylation sites is 4. The highest BCUT2D eigenvalue weighted by atomic mass is 16.6. The van der Waals surface area contributed by atoms with Gasteiger partial charge in [0.25, 0.3) is 0 Å². The number of carbonyl (C=O) groups is 11. The second-order valence-corrected chi connectivity index (χ2v) is 37.6. The maximum atomic E-state index is 13.1. The zero-order valence-electron chi connectivity index (χ0n) is 85.7. The van der Waals surface area contributed by atoms with Crippen LogP contribution in [0.3, 0.4) is 0 Å². The number of phenols is 1. The molecule has 14 aromatic rings. The van der Waals surface area contributed by atoms with Gasteiger partial charge in [-0.2, -0.15) is 0 Å². The standard InChI is InChI=1S/C42H40N2O6.C42H36N2O4.C30H30O8.C11H14O3/c1-27(2)37(39(45)43-33-11-7-5-8-12-33)29-19-23-35(24-20-29)49-41(47)31-15-17-32(18-16-31)42(48)50-36-25-21-30(22-26-36)38(28(3)4)40(46)44-34-13-9-6-10-14-34;1-29(2)39(27-43-35-11-7-5-8-12-35)31-19-23-37(24-20-31)47-41(45)33-15-17-34(18-16-33)42(46)48-38-25-21-32(22-26-38)40(30(3)4)28-44-36-13-9-6-10-14-36;1-17(2)25(27(31)32)19-9-13-23(14-10-19)37-29(35)21-5-7-22(8-6-21)30(36)38-24-15-11-20(12-16-24)26(18(3)4)28(33)34;1-7(2)10(11(13)14)8-3-5-9(12)6-4-8/h5-28,37-38H,1-4H3,(H,43,45)(H,44,46);5-26,29-30H,1-4H3;5-18,25-26H,1-4H3,(H,31,32)(H,33,34);3-7,10,12H,1-2H3,(H,13,14). The molecule has 0 aliphatic carbocycles. The Morgan fingerprint density at radius 3 is 0.600 bits per heavy atom. The fourth-order valence-corrected chi connectivity index (χ4v) is 16.2. The first-order chi connectivity index (χ1) is 71.8. The summed E-state index contributed by atoms with van der Waals surface area (Å²) in [5.41, 5.74) is 12.0. The number of nitrogens with one attached hydrogen (secondary N) is 2. The van der Waals surface area contributed by atoms with Gasteiger partial charge in [0.2, 0.25) is 11.8 Å². The quantitative estimate of drug-likeness (QED) is 0.0122. The highest BCUT2D eigenvalue weighted by Crippen LogP contribution is 2.36. The number of phenolic OH excluding ortho intramolecular Hbond substituents is 1. The molecule has 5 atom stereocenters. The average Bonchev–Trinajstić information content (AvgIpc) is 0.830. The molecule has 2 amide bonds. The molecule has 0 radical (unpaired) electrons. The number of aromatic hydroxyl groups is 1. The Kier molecular flexibility index (Phi) is 41.0. The number of hydrogen-bond donors (Lipinski definition) is 6. The molecule has 14 aromatic carbocycles. The second kappa shape index (κ2) is 54.8. The summed E-state index contributed by atoms with van der Waals surface area (Å²) in [5.74, 6) is -0.236. The monoisotopic (exact) mass is 2010 g/mol. The number of amides is 2. The fraction of sp³-hybridized carbons (Fsp3) is 0.208. The number of allylic oxidation sites excluding steroid dienone is 2. The summed E-state index contributed by atoms with van der Waals surface area (Å²) in [4.78, 5) is 146. The summed E-state index contributed by atoms with van der Waals surface area (Å²) < 4.78 is 33.0. The number of esters is 6. The molecule has 766 valence electrons. The van der Waals surface area contributed by atoms with E-state index in [1.807, 2.05) is 215 Å². The minimum absolute atomic E-state index is 0.0345. The normalized spacial score (nSPS) is 11.8. The lowest BCUT2D eigenvalue weighted by molar-refractivity contribution is -0.140. The predicted octanol–water partition coefficient (Wildman–Crippen LogP) is 27.1. The zero-order valence-corrected chi connectivity index (χ0v) is 85.7. The first-order valence-corrected chi connectivity index (χ1v) is 49.1. The van der Waals surface area contributed by atoms with Crippen molar-refractivity contribution in [2.24, 2.45) is 51.4 Å². The molecule has 0 saturated heterocycles. The lowest BCUT2D eigenvalue weighted by Crippen LogP contribution is -2.25. The van der Waals surface area contributed by atoms with E-state index in [4.69, 9.17) is 38.6 Å². The van der Waals surface area contributed by atoms with Gasteiger partial charge in [-0.3, -0.25) is 24.0 Å². The van der Waals surface area contributed by atoms with Crippen LogP contribution >= 0.6 is 0 Å². The maximum Gasteiger partial charge on any atom is 0.343 e. The Bertz CT molecular complexity index is 6680. The molecule has 0 spiro atoms. The van der Waals surface area contributed by atoms with Gasteiger partial charge in [0, 0.05) is 22.5 Å². The third-order valence-electron chi connectivity index (χ3n) is 23.9. The van der Waals surface area contributed by atoms with Crippen molar-refractivity contribution >= 4 is 111 Å². The first-order valence-electron chi connectivity index (χ1n) is 49.1. The molecular formula is C125H120N4O21. The van der Waals surface area contributed by atoms with Gasteiger partial charge in [-0.1, -0.05) is 255 Å². The lowest BCUT2D eigenvalue weighted by atomic mass is 9.87. The maximum absolute atomic E-state index is 13.1. The van der Waals surface area contributed by atoms with E-state index in [-0.39, 0.29) is 92.7 Å². The molecule has 6 N–H and O–H groups in total. The molecule has 25 nitrogen and oxygen atoms in total. The summed E-state index contributed by atoms with van der Waals surface area (Å²) >= 11 is 0. The van der Waals surface area contributed by atoms with Crippen LogP contribution in [-0.4, -0.2) is 97.7 Å². The van der Waals surface area contributed by atoms with Crippen LogP contribution in [0.2, 0.25) is 0 Å². The molecule has 0 aromatic heterocycles. The number of anilines is 2. The van der Waals surface area contributed by atoms with Crippen LogP contribution in [0.4, 0.5) is 22.7 Å². The van der Waals surface area contributed by atoms with Crippen LogP contribution in [0.15, 0.2) is 374 Å². The van der Waals surface area contributed by atoms with Gasteiger partial charge in [0.05, 0.1) is 74.3 Å². The molecule has 25 heteroatoms. The van der Waals surface area contributed by atoms with Gasteiger partial charge in [-0.05, 0) is 298 Å². The number of ether oxygens (including phenoxy) is 6. The smallest absolute Gasteiger partial charge is 0.343 e. The van der Waals surface area contributed by atoms with Crippen LogP contribution in [0.5, 0.6) is 40.2 Å². The van der Waals surface area contributed by atoms with Crippen molar-refractivity contribution in [3.8, 4) is 40.2 Å². The summed E-state index contributed by atoms with van der Waals surface area (Å²) in [5, 5.41) is 42.9. The number of aliphatic carboxylic acids is 3.